The van der Waals surface area contributed by atoms with Gasteiger partial charge in [0.1, 0.15) is 16.3 Å². The molecule has 8 nitrogen and oxygen atoms in total. The van der Waals surface area contributed by atoms with E-state index in [0.717, 1.165) is 12.8 Å². The van der Waals surface area contributed by atoms with E-state index in [1.807, 2.05) is 5.38 Å². The number of hydrogen-bond donors (Lipinski definition) is 1. The second kappa shape index (κ2) is 8.66. The zero-order valence-corrected chi connectivity index (χ0v) is 18.4. The van der Waals surface area contributed by atoms with E-state index in [4.69, 9.17) is 4.74 Å². The molecule has 0 radical (unpaired) electrons. The Balaban J connectivity index is 1.43. The van der Waals surface area contributed by atoms with Gasteiger partial charge in [-0.2, -0.15) is 4.31 Å². The summed E-state index contributed by atoms with van der Waals surface area (Å²) in [6.07, 6.45) is 3.10. The molecule has 3 heterocycles. The highest BCUT2D eigenvalue weighted by Gasteiger charge is 2.29. The minimum atomic E-state index is -3.62. The third-order valence-electron chi connectivity index (χ3n) is 4.96. The Hall–Kier alpha value is -2.95. The zero-order chi connectivity index (χ0) is 22.0. The van der Waals surface area contributed by atoms with Crippen molar-refractivity contribution in [2.75, 3.05) is 18.4 Å². The van der Waals surface area contributed by atoms with Crippen molar-refractivity contribution in [1.82, 2.24) is 8.87 Å². The minimum Gasteiger partial charge on any atom is -0.422 e. The van der Waals surface area contributed by atoms with Gasteiger partial charge < -0.3 is 14.6 Å². The van der Waals surface area contributed by atoms with Gasteiger partial charge in [0.05, 0.1) is 4.88 Å². The van der Waals surface area contributed by atoms with E-state index in [2.05, 4.69) is 5.32 Å². The Morgan fingerprint density at radius 1 is 1.10 bits per heavy atom. The molecule has 1 saturated heterocycles. The van der Waals surface area contributed by atoms with Crippen LogP contribution in [0.25, 0.3) is 0 Å². The second-order valence-electron chi connectivity index (χ2n) is 7.13. The van der Waals surface area contributed by atoms with Crippen molar-refractivity contribution in [2.45, 2.75) is 17.7 Å². The molecule has 3 aromatic rings. The lowest BCUT2D eigenvalue weighted by Crippen LogP contribution is -2.27. The van der Waals surface area contributed by atoms with Crippen LogP contribution in [-0.2, 0) is 17.1 Å². The van der Waals surface area contributed by atoms with Crippen molar-refractivity contribution < 1.29 is 22.7 Å². The third kappa shape index (κ3) is 4.55. The molecule has 0 bridgehead atoms. The fraction of sp³-hybridized carbons (Fsp3) is 0.238. The highest BCUT2D eigenvalue weighted by Crippen LogP contribution is 2.24. The number of hydrogen-bond acceptors (Lipinski definition) is 6. The maximum Gasteiger partial charge on any atom is 0.360 e. The molecule has 0 saturated carbocycles. The van der Waals surface area contributed by atoms with E-state index < -0.39 is 16.0 Å². The van der Waals surface area contributed by atoms with Gasteiger partial charge in [-0.3, -0.25) is 4.79 Å². The SMILES string of the molecule is Cn1cc(S(=O)(=O)N2CCCC2)cc1C(=O)Oc1ccc(NC(=O)c2cccs2)cc1. The summed E-state index contributed by atoms with van der Waals surface area (Å²) in [6, 6.07) is 11.2. The predicted octanol–water partition coefficient (Wildman–Crippen LogP) is 3.34. The molecule has 4 rings (SSSR count). The van der Waals surface area contributed by atoms with Crippen molar-refractivity contribution in [3.05, 3.63) is 64.6 Å². The maximum absolute atomic E-state index is 12.7. The van der Waals surface area contributed by atoms with Crippen molar-refractivity contribution in [2.24, 2.45) is 7.05 Å². The van der Waals surface area contributed by atoms with Gasteiger partial charge in [-0.1, -0.05) is 6.07 Å². The molecule has 1 fully saturated rings. The number of aryl methyl sites for hydroxylation is 1. The predicted molar refractivity (Wildman–Crippen MR) is 117 cm³/mol. The van der Waals surface area contributed by atoms with Gasteiger partial charge in [0.25, 0.3) is 5.91 Å². The molecule has 0 atom stereocenters. The summed E-state index contributed by atoms with van der Waals surface area (Å²) in [5, 5.41) is 4.59. The molecule has 1 amide bonds. The minimum absolute atomic E-state index is 0.0792. The standard InChI is InChI=1S/C21H21N3O5S2/c1-23-14-17(31(27,28)24-10-2-3-11-24)13-18(23)21(26)29-16-8-6-15(7-9-16)22-20(25)19-5-4-12-30-19/h4-9,12-14H,2-3,10-11H2,1H3,(H,22,25). The van der Waals surface area contributed by atoms with Gasteiger partial charge in [0.2, 0.25) is 10.0 Å². The van der Waals surface area contributed by atoms with Crippen LogP contribution in [0.4, 0.5) is 5.69 Å². The second-order valence-corrected chi connectivity index (χ2v) is 10.0. The van der Waals surface area contributed by atoms with E-state index in [-0.39, 0.29) is 22.2 Å². The van der Waals surface area contributed by atoms with Crippen LogP contribution in [0, 0.1) is 0 Å². The van der Waals surface area contributed by atoms with Crippen LogP contribution >= 0.6 is 11.3 Å². The molecular formula is C21H21N3O5S2. The fourth-order valence-electron chi connectivity index (χ4n) is 3.32. The number of thiophene rings is 1. The summed E-state index contributed by atoms with van der Waals surface area (Å²) in [5.41, 5.74) is 0.698. The highest BCUT2D eigenvalue weighted by molar-refractivity contribution is 7.89. The Kier molecular flexibility index (Phi) is 5.94. The number of anilines is 1. The molecule has 1 aromatic carbocycles. The van der Waals surface area contributed by atoms with Crippen LogP contribution in [0.5, 0.6) is 5.75 Å². The first kappa shape index (κ1) is 21.3. The van der Waals surface area contributed by atoms with Gasteiger partial charge in [-0.25, -0.2) is 13.2 Å². The molecule has 2 aromatic heterocycles. The number of aromatic nitrogens is 1. The third-order valence-corrected chi connectivity index (χ3v) is 7.69. The number of carbonyl (C=O) groups excluding carboxylic acids is 2. The van der Waals surface area contributed by atoms with E-state index in [0.29, 0.717) is 23.7 Å². The molecular weight excluding hydrogens is 438 g/mol. The van der Waals surface area contributed by atoms with Gasteiger partial charge in [0, 0.05) is 32.0 Å². The molecule has 1 aliphatic heterocycles. The Labute approximate surface area is 184 Å². The summed E-state index contributed by atoms with van der Waals surface area (Å²) < 4.78 is 33.7. The number of nitrogens with zero attached hydrogens (tertiary/aromatic N) is 2. The molecule has 0 unspecified atom stereocenters. The normalized spacial score (nSPS) is 14.5. The number of amides is 1. The van der Waals surface area contributed by atoms with Gasteiger partial charge in [0.15, 0.2) is 0 Å². The van der Waals surface area contributed by atoms with Crippen molar-refractivity contribution >= 4 is 38.9 Å². The van der Waals surface area contributed by atoms with E-state index in [1.165, 1.54) is 32.5 Å². The lowest BCUT2D eigenvalue weighted by molar-refractivity contribution is 0.0724. The highest BCUT2D eigenvalue weighted by atomic mass is 32.2. The van der Waals surface area contributed by atoms with Gasteiger partial charge in [-0.05, 0) is 54.6 Å². The molecule has 1 aliphatic rings. The summed E-state index contributed by atoms with van der Waals surface area (Å²) >= 11 is 1.34. The Morgan fingerprint density at radius 3 is 2.45 bits per heavy atom. The number of sulfonamides is 1. The average Bonchev–Trinajstić information content (AvgIpc) is 3.51. The van der Waals surface area contributed by atoms with Crippen LogP contribution in [-0.4, -0.2) is 42.3 Å². The number of carbonyl (C=O) groups is 2. The molecule has 1 N–H and O–H groups in total. The number of rotatable bonds is 6. The molecule has 10 heteroatoms. The number of benzene rings is 1. The summed E-state index contributed by atoms with van der Waals surface area (Å²) in [4.78, 5) is 25.4. The molecule has 31 heavy (non-hydrogen) atoms. The zero-order valence-electron chi connectivity index (χ0n) is 16.8. The van der Waals surface area contributed by atoms with Crippen molar-refractivity contribution in [3.8, 4) is 5.75 Å². The number of nitrogens with one attached hydrogen (secondary N) is 1. The average molecular weight is 460 g/mol. The molecule has 0 spiro atoms. The smallest absolute Gasteiger partial charge is 0.360 e. The Bertz CT molecular complexity index is 1190. The number of esters is 1. The van der Waals surface area contributed by atoms with E-state index in [1.54, 1.807) is 43.4 Å². The first-order valence-corrected chi connectivity index (χ1v) is 12.0. The first-order valence-electron chi connectivity index (χ1n) is 9.68. The van der Waals surface area contributed by atoms with Crippen LogP contribution in [0.3, 0.4) is 0 Å². The Morgan fingerprint density at radius 2 is 1.81 bits per heavy atom. The lowest BCUT2D eigenvalue weighted by Gasteiger charge is -2.13. The van der Waals surface area contributed by atoms with Gasteiger partial charge in [-0.15, -0.1) is 11.3 Å². The number of ether oxygens (including phenoxy) is 1. The maximum atomic E-state index is 12.7. The van der Waals surface area contributed by atoms with E-state index in [9.17, 15) is 18.0 Å². The molecule has 0 aliphatic carbocycles. The summed E-state index contributed by atoms with van der Waals surface area (Å²) in [6.45, 7) is 0.985. The fourth-order valence-corrected chi connectivity index (χ4v) is 5.53. The van der Waals surface area contributed by atoms with Gasteiger partial charge >= 0.3 is 5.97 Å². The van der Waals surface area contributed by atoms with Crippen LogP contribution < -0.4 is 10.1 Å². The topological polar surface area (TPSA) is 97.7 Å². The summed E-state index contributed by atoms with van der Waals surface area (Å²) in [5.74, 6) is -0.597. The van der Waals surface area contributed by atoms with Crippen LogP contribution in [0.15, 0.2) is 58.9 Å². The summed E-state index contributed by atoms with van der Waals surface area (Å²) in [7, 11) is -2.02. The van der Waals surface area contributed by atoms with Crippen molar-refractivity contribution in [1.29, 1.82) is 0 Å². The monoisotopic (exact) mass is 459 g/mol. The van der Waals surface area contributed by atoms with E-state index >= 15 is 0 Å². The van der Waals surface area contributed by atoms with Crippen LogP contribution in [0.2, 0.25) is 0 Å². The lowest BCUT2D eigenvalue weighted by atomic mass is 10.3. The quantitative estimate of drug-likeness (QED) is 0.450. The van der Waals surface area contributed by atoms with Crippen molar-refractivity contribution in [3.63, 3.8) is 0 Å². The van der Waals surface area contributed by atoms with Crippen LogP contribution in [0.1, 0.15) is 33.0 Å². The molecule has 162 valence electrons. The first-order chi connectivity index (χ1) is 14.8. The largest absolute Gasteiger partial charge is 0.422 e.